The Bertz CT molecular complexity index is 873. The minimum atomic E-state index is -0.494. The Morgan fingerprint density at radius 3 is 2.36 bits per heavy atom. The summed E-state index contributed by atoms with van der Waals surface area (Å²) in [5.41, 5.74) is 2.15. The summed E-state index contributed by atoms with van der Waals surface area (Å²) in [7, 11) is 0. The van der Waals surface area contributed by atoms with E-state index in [2.05, 4.69) is 0 Å². The number of benzene rings is 2. The van der Waals surface area contributed by atoms with E-state index < -0.39 is 22.7 Å². The molecule has 0 spiro atoms. The van der Waals surface area contributed by atoms with E-state index in [1.807, 2.05) is 31.2 Å². The van der Waals surface area contributed by atoms with Crippen molar-refractivity contribution in [3.63, 3.8) is 0 Å². The standard InChI is InChI=1S/C19H14FNO3S/c1-12-2-4-13(5-3-12)10-17-18(23)21(19(24)25-17)11-16(22)14-6-8-15(20)9-7-14/h2-10H,11H2,1H3/b17-10+. The Kier molecular flexibility index (Phi) is 4.81. The van der Waals surface area contributed by atoms with E-state index >= 15 is 0 Å². The van der Waals surface area contributed by atoms with Crippen molar-refractivity contribution < 1.29 is 18.8 Å². The third-order valence-corrected chi connectivity index (χ3v) is 4.62. The number of ketones is 1. The van der Waals surface area contributed by atoms with Crippen molar-refractivity contribution in [2.24, 2.45) is 0 Å². The second-order valence-corrected chi connectivity index (χ2v) is 6.60. The predicted molar refractivity (Wildman–Crippen MR) is 94.6 cm³/mol. The second kappa shape index (κ2) is 7.03. The van der Waals surface area contributed by atoms with E-state index in [1.165, 1.54) is 24.3 Å². The molecule has 0 bridgehead atoms. The number of hydrogen-bond acceptors (Lipinski definition) is 4. The monoisotopic (exact) mass is 355 g/mol. The zero-order valence-corrected chi connectivity index (χ0v) is 14.2. The average molecular weight is 355 g/mol. The Morgan fingerprint density at radius 2 is 1.72 bits per heavy atom. The van der Waals surface area contributed by atoms with E-state index in [1.54, 1.807) is 6.08 Å². The van der Waals surface area contributed by atoms with Crippen molar-refractivity contribution in [3.8, 4) is 0 Å². The summed E-state index contributed by atoms with van der Waals surface area (Å²) in [4.78, 5) is 37.9. The fraction of sp³-hybridized carbons (Fsp3) is 0.105. The maximum absolute atomic E-state index is 12.9. The van der Waals surface area contributed by atoms with Crippen LogP contribution in [0.5, 0.6) is 0 Å². The third kappa shape index (κ3) is 3.85. The Morgan fingerprint density at radius 1 is 1.08 bits per heavy atom. The number of imide groups is 1. The molecule has 0 unspecified atom stereocenters. The lowest BCUT2D eigenvalue weighted by Gasteiger charge is -2.11. The number of aryl methyl sites for hydroxylation is 1. The molecule has 1 aliphatic rings. The molecule has 2 aromatic rings. The first-order chi connectivity index (χ1) is 11.9. The molecule has 3 rings (SSSR count). The normalized spacial score (nSPS) is 15.9. The summed E-state index contributed by atoms with van der Waals surface area (Å²) in [6, 6.07) is 12.5. The van der Waals surface area contributed by atoms with Crippen LogP contribution < -0.4 is 0 Å². The molecule has 0 radical (unpaired) electrons. The van der Waals surface area contributed by atoms with Crippen molar-refractivity contribution >= 4 is 34.8 Å². The molecule has 126 valence electrons. The number of carbonyl (C=O) groups is 3. The van der Waals surface area contributed by atoms with Gasteiger partial charge in [-0.25, -0.2) is 4.39 Å². The lowest BCUT2D eigenvalue weighted by atomic mass is 10.1. The highest BCUT2D eigenvalue weighted by Crippen LogP contribution is 2.32. The van der Waals surface area contributed by atoms with E-state index in [9.17, 15) is 18.8 Å². The summed E-state index contributed by atoms with van der Waals surface area (Å²) in [6.45, 7) is 1.60. The molecule has 2 amide bonds. The van der Waals surface area contributed by atoms with Gasteiger partial charge < -0.3 is 0 Å². The summed E-state index contributed by atoms with van der Waals surface area (Å²) in [5.74, 6) is -1.37. The van der Waals surface area contributed by atoms with Gasteiger partial charge in [-0.3, -0.25) is 19.3 Å². The van der Waals surface area contributed by atoms with Gasteiger partial charge in [0, 0.05) is 5.56 Å². The first-order valence-electron chi connectivity index (χ1n) is 7.55. The Hall–Kier alpha value is -2.73. The number of nitrogens with zero attached hydrogens (tertiary/aromatic N) is 1. The largest absolute Gasteiger partial charge is 0.293 e. The van der Waals surface area contributed by atoms with Crippen LogP contribution in [0.1, 0.15) is 21.5 Å². The lowest BCUT2D eigenvalue weighted by Crippen LogP contribution is -2.33. The molecule has 0 saturated carbocycles. The maximum atomic E-state index is 12.9. The summed E-state index contributed by atoms with van der Waals surface area (Å²) in [5, 5.41) is -0.487. The summed E-state index contributed by atoms with van der Waals surface area (Å²) in [6.07, 6.45) is 1.63. The number of carbonyl (C=O) groups excluding carboxylic acids is 3. The second-order valence-electron chi connectivity index (χ2n) is 5.61. The van der Waals surface area contributed by atoms with Crippen molar-refractivity contribution in [1.82, 2.24) is 4.90 Å². The zero-order valence-electron chi connectivity index (χ0n) is 13.4. The van der Waals surface area contributed by atoms with Gasteiger partial charge in [0.2, 0.25) is 0 Å². The lowest BCUT2D eigenvalue weighted by molar-refractivity contribution is -0.122. The van der Waals surface area contributed by atoms with Crippen LogP contribution in [0, 0.1) is 12.7 Å². The number of Topliss-reactive ketones (excluding diaryl/α,β-unsaturated/α-hetero) is 1. The van der Waals surface area contributed by atoms with Gasteiger partial charge in [-0.1, -0.05) is 29.8 Å². The van der Waals surface area contributed by atoms with Gasteiger partial charge in [0.15, 0.2) is 5.78 Å². The number of halogens is 1. The van der Waals surface area contributed by atoms with Gasteiger partial charge >= 0.3 is 0 Å². The van der Waals surface area contributed by atoms with E-state index in [-0.39, 0.29) is 17.0 Å². The molecular weight excluding hydrogens is 341 g/mol. The molecular formula is C19H14FNO3S. The third-order valence-electron chi connectivity index (χ3n) is 3.72. The van der Waals surface area contributed by atoms with Gasteiger partial charge in [-0.2, -0.15) is 0 Å². The zero-order chi connectivity index (χ0) is 18.0. The van der Waals surface area contributed by atoms with Crippen LogP contribution in [0.4, 0.5) is 9.18 Å². The topological polar surface area (TPSA) is 54.5 Å². The molecule has 1 heterocycles. The highest BCUT2D eigenvalue weighted by Gasteiger charge is 2.36. The Labute approximate surface area is 148 Å². The maximum Gasteiger partial charge on any atom is 0.293 e. The van der Waals surface area contributed by atoms with Crippen LogP contribution in [0.3, 0.4) is 0 Å². The van der Waals surface area contributed by atoms with Crippen LogP contribution in [-0.2, 0) is 4.79 Å². The number of thioether (sulfide) groups is 1. The van der Waals surface area contributed by atoms with Crippen LogP contribution in [0.25, 0.3) is 6.08 Å². The van der Waals surface area contributed by atoms with Crippen molar-refractivity contribution in [3.05, 3.63) is 75.9 Å². The Balaban J connectivity index is 1.76. The first-order valence-corrected chi connectivity index (χ1v) is 8.36. The average Bonchev–Trinajstić information content (AvgIpc) is 2.85. The van der Waals surface area contributed by atoms with Gasteiger partial charge in [0.05, 0.1) is 11.4 Å². The number of hydrogen-bond donors (Lipinski definition) is 0. The SMILES string of the molecule is Cc1ccc(/C=C2/SC(=O)N(CC(=O)c3ccc(F)cc3)C2=O)cc1. The smallest absolute Gasteiger partial charge is 0.292 e. The van der Waals surface area contributed by atoms with Crippen LogP contribution >= 0.6 is 11.8 Å². The molecule has 4 nitrogen and oxygen atoms in total. The van der Waals surface area contributed by atoms with E-state index in [4.69, 9.17) is 0 Å². The molecule has 0 atom stereocenters. The van der Waals surface area contributed by atoms with Gasteiger partial charge in [-0.05, 0) is 54.6 Å². The minimum Gasteiger partial charge on any atom is -0.292 e. The molecule has 25 heavy (non-hydrogen) atoms. The molecule has 6 heteroatoms. The number of rotatable bonds is 4. The fourth-order valence-electron chi connectivity index (χ4n) is 2.32. The van der Waals surface area contributed by atoms with Crippen LogP contribution in [-0.4, -0.2) is 28.4 Å². The van der Waals surface area contributed by atoms with Crippen LogP contribution in [0.2, 0.25) is 0 Å². The quantitative estimate of drug-likeness (QED) is 0.613. The van der Waals surface area contributed by atoms with Gasteiger partial charge in [0.25, 0.3) is 11.1 Å². The molecule has 0 N–H and O–H groups in total. The summed E-state index contributed by atoms with van der Waals surface area (Å²) >= 11 is 0.807. The van der Waals surface area contributed by atoms with Crippen molar-refractivity contribution in [2.45, 2.75) is 6.92 Å². The minimum absolute atomic E-state index is 0.253. The first kappa shape index (κ1) is 17.1. The van der Waals surface area contributed by atoms with Crippen molar-refractivity contribution in [2.75, 3.05) is 6.54 Å². The highest BCUT2D eigenvalue weighted by atomic mass is 32.2. The molecule has 2 aromatic carbocycles. The fourth-order valence-corrected chi connectivity index (χ4v) is 3.16. The molecule has 1 saturated heterocycles. The molecule has 1 aliphatic heterocycles. The van der Waals surface area contributed by atoms with E-state index in [0.717, 1.165) is 27.8 Å². The van der Waals surface area contributed by atoms with E-state index in [0.29, 0.717) is 0 Å². The highest BCUT2D eigenvalue weighted by molar-refractivity contribution is 8.18. The molecule has 0 aliphatic carbocycles. The van der Waals surface area contributed by atoms with Crippen LogP contribution in [0.15, 0.2) is 53.4 Å². The predicted octanol–water partition coefficient (Wildman–Crippen LogP) is 4.05. The van der Waals surface area contributed by atoms with Crippen molar-refractivity contribution in [1.29, 1.82) is 0 Å². The molecule has 0 aromatic heterocycles. The van der Waals surface area contributed by atoms with Gasteiger partial charge in [-0.15, -0.1) is 0 Å². The van der Waals surface area contributed by atoms with Gasteiger partial charge in [0.1, 0.15) is 5.82 Å². The number of amides is 2. The summed E-state index contributed by atoms with van der Waals surface area (Å²) < 4.78 is 12.9. The molecule has 1 fully saturated rings.